The molecule has 0 bridgehead atoms. The SMILES string of the molecule is COc1cc(C(=O)N(C)CCOc2ccccc2F)cc(OC)c1C. The van der Waals surface area contributed by atoms with Gasteiger partial charge in [0.05, 0.1) is 20.8 Å². The third-order valence-corrected chi connectivity index (χ3v) is 3.87. The smallest absolute Gasteiger partial charge is 0.253 e. The molecule has 1 amide bonds. The molecule has 0 aromatic heterocycles. The number of hydrogen-bond acceptors (Lipinski definition) is 4. The highest BCUT2D eigenvalue weighted by molar-refractivity contribution is 5.95. The summed E-state index contributed by atoms with van der Waals surface area (Å²) in [4.78, 5) is 14.1. The number of carbonyl (C=O) groups is 1. The van der Waals surface area contributed by atoms with Gasteiger partial charge in [-0.3, -0.25) is 4.79 Å². The number of halogens is 1. The van der Waals surface area contributed by atoms with Crippen molar-refractivity contribution in [2.75, 3.05) is 34.4 Å². The number of hydrogen-bond donors (Lipinski definition) is 0. The van der Waals surface area contributed by atoms with E-state index in [-0.39, 0.29) is 18.3 Å². The molecule has 25 heavy (non-hydrogen) atoms. The molecule has 0 radical (unpaired) electrons. The van der Waals surface area contributed by atoms with Crippen LogP contribution in [-0.4, -0.2) is 45.2 Å². The van der Waals surface area contributed by atoms with E-state index in [2.05, 4.69) is 0 Å². The monoisotopic (exact) mass is 347 g/mol. The number of ether oxygens (including phenoxy) is 3. The molecular weight excluding hydrogens is 325 g/mol. The van der Waals surface area contributed by atoms with E-state index in [4.69, 9.17) is 14.2 Å². The molecule has 0 fully saturated rings. The molecule has 134 valence electrons. The van der Waals surface area contributed by atoms with Crippen LogP contribution in [0.5, 0.6) is 17.2 Å². The Morgan fingerprint density at radius 1 is 1.08 bits per heavy atom. The minimum Gasteiger partial charge on any atom is -0.496 e. The Morgan fingerprint density at radius 2 is 1.68 bits per heavy atom. The summed E-state index contributed by atoms with van der Waals surface area (Å²) in [5.41, 5.74) is 1.28. The summed E-state index contributed by atoms with van der Waals surface area (Å²) in [6, 6.07) is 9.51. The van der Waals surface area contributed by atoms with Gasteiger partial charge in [0.25, 0.3) is 5.91 Å². The molecule has 2 aromatic rings. The summed E-state index contributed by atoms with van der Waals surface area (Å²) in [5.74, 6) is 0.706. The minimum atomic E-state index is -0.426. The average Bonchev–Trinajstić information content (AvgIpc) is 2.62. The predicted molar refractivity (Wildman–Crippen MR) is 93.1 cm³/mol. The summed E-state index contributed by atoms with van der Waals surface area (Å²) in [5, 5.41) is 0. The predicted octanol–water partition coefficient (Wildman–Crippen LogP) is 3.30. The van der Waals surface area contributed by atoms with Crippen molar-refractivity contribution in [2.24, 2.45) is 0 Å². The summed E-state index contributed by atoms with van der Waals surface area (Å²) in [7, 11) is 4.75. The van der Waals surface area contributed by atoms with Gasteiger partial charge in [-0.25, -0.2) is 4.39 Å². The van der Waals surface area contributed by atoms with Crippen molar-refractivity contribution in [3.05, 3.63) is 53.3 Å². The lowest BCUT2D eigenvalue weighted by atomic mass is 10.1. The summed E-state index contributed by atoms with van der Waals surface area (Å²) in [6.07, 6.45) is 0. The van der Waals surface area contributed by atoms with Gasteiger partial charge in [-0.2, -0.15) is 0 Å². The number of para-hydroxylation sites is 1. The summed E-state index contributed by atoms with van der Waals surface area (Å²) >= 11 is 0. The highest BCUT2D eigenvalue weighted by Crippen LogP contribution is 2.29. The molecule has 0 unspecified atom stereocenters. The van der Waals surface area contributed by atoms with Crippen molar-refractivity contribution in [3.8, 4) is 17.2 Å². The number of amides is 1. The van der Waals surface area contributed by atoms with Crippen LogP contribution < -0.4 is 14.2 Å². The molecule has 0 aliphatic heterocycles. The van der Waals surface area contributed by atoms with Gasteiger partial charge in [0, 0.05) is 18.2 Å². The number of benzene rings is 2. The Kier molecular flexibility index (Phi) is 6.22. The van der Waals surface area contributed by atoms with E-state index in [1.54, 1.807) is 51.6 Å². The lowest BCUT2D eigenvalue weighted by Crippen LogP contribution is -2.31. The van der Waals surface area contributed by atoms with E-state index >= 15 is 0 Å². The van der Waals surface area contributed by atoms with Gasteiger partial charge in [0.2, 0.25) is 0 Å². The third-order valence-electron chi connectivity index (χ3n) is 3.87. The van der Waals surface area contributed by atoms with Crippen molar-refractivity contribution < 1.29 is 23.4 Å². The summed E-state index contributed by atoms with van der Waals surface area (Å²) in [6.45, 7) is 2.35. The van der Waals surface area contributed by atoms with E-state index in [9.17, 15) is 9.18 Å². The summed E-state index contributed by atoms with van der Waals surface area (Å²) < 4.78 is 29.5. The van der Waals surface area contributed by atoms with Gasteiger partial charge in [0.1, 0.15) is 18.1 Å². The first-order valence-electron chi connectivity index (χ1n) is 7.83. The number of likely N-dealkylation sites (N-methyl/N-ethyl adjacent to an activating group) is 1. The van der Waals surface area contributed by atoms with Gasteiger partial charge in [-0.05, 0) is 31.2 Å². The van der Waals surface area contributed by atoms with E-state index in [0.29, 0.717) is 23.6 Å². The first-order chi connectivity index (χ1) is 12.0. The maximum Gasteiger partial charge on any atom is 0.253 e. The van der Waals surface area contributed by atoms with E-state index in [0.717, 1.165) is 5.56 Å². The zero-order chi connectivity index (χ0) is 18.4. The minimum absolute atomic E-state index is 0.169. The maximum atomic E-state index is 13.5. The molecule has 0 saturated carbocycles. The van der Waals surface area contributed by atoms with Crippen LogP contribution in [0, 0.1) is 12.7 Å². The molecule has 2 aromatic carbocycles. The van der Waals surface area contributed by atoms with Crippen molar-refractivity contribution >= 4 is 5.91 Å². The number of rotatable bonds is 7. The molecule has 5 nitrogen and oxygen atoms in total. The van der Waals surface area contributed by atoms with Crippen LogP contribution in [0.4, 0.5) is 4.39 Å². The average molecular weight is 347 g/mol. The van der Waals surface area contributed by atoms with Crippen LogP contribution in [0.15, 0.2) is 36.4 Å². The molecule has 0 N–H and O–H groups in total. The van der Waals surface area contributed by atoms with E-state index in [1.807, 2.05) is 6.92 Å². The van der Waals surface area contributed by atoms with Crippen molar-refractivity contribution in [3.63, 3.8) is 0 Å². The topological polar surface area (TPSA) is 48.0 Å². The van der Waals surface area contributed by atoms with Crippen molar-refractivity contribution in [2.45, 2.75) is 6.92 Å². The second-order valence-electron chi connectivity index (χ2n) is 5.51. The van der Waals surface area contributed by atoms with Crippen LogP contribution in [-0.2, 0) is 0 Å². The van der Waals surface area contributed by atoms with Crippen molar-refractivity contribution in [1.29, 1.82) is 0 Å². The number of carbonyl (C=O) groups excluding carboxylic acids is 1. The second kappa shape index (κ2) is 8.37. The number of nitrogens with zero attached hydrogens (tertiary/aromatic N) is 1. The fourth-order valence-electron chi connectivity index (χ4n) is 2.39. The van der Waals surface area contributed by atoms with Gasteiger partial charge in [-0.15, -0.1) is 0 Å². The van der Waals surface area contributed by atoms with E-state index < -0.39 is 5.82 Å². The van der Waals surface area contributed by atoms with Crippen LogP contribution in [0.25, 0.3) is 0 Å². The maximum absolute atomic E-state index is 13.5. The molecule has 0 spiro atoms. The van der Waals surface area contributed by atoms with E-state index in [1.165, 1.54) is 11.0 Å². The first-order valence-corrected chi connectivity index (χ1v) is 7.83. The van der Waals surface area contributed by atoms with Crippen LogP contribution in [0.3, 0.4) is 0 Å². The molecule has 0 aliphatic carbocycles. The van der Waals surface area contributed by atoms with Crippen LogP contribution >= 0.6 is 0 Å². The zero-order valence-electron chi connectivity index (χ0n) is 14.8. The van der Waals surface area contributed by atoms with Crippen LogP contribution in [0.1, 0.15) is 15.9 Å². The van der Waals surface area contributed by atoms with Gasteiger partial charge >= 0.3 is 0 Å². The molecule has 0 atom stereocenters. The molecule has 0 saturated heterocycles. The van der Waals surface area contributed by atoms with Gasteiger partial charge in [0.15, 0.2) is 11.6 Å². The Morgan fingerprint density at radius 3 is 2.24 bits per heavy atom. The Balaban J connectivity index is 2.03. The fourth-order valence-corrected chi connectivity index (χ4v) is 2.39. The lowest BCUT2D eigenvalue weighted by Gasteiger charge is -2.19. The first kappa shape index (κ1) is 18.6. The highest BCUT2D eigenvalue weighted by atomic mass is 19.1. The zero-order valence-corrected chi connectivity index (χ0v) is 14.8. The molecule has 2 rings (SSSR count). The Bertz CT molecular complexity index is 723. The Labute approximate surface area is 146 Å². The van der Waals surface area contributed by atoms with Crippen LogP contribution in [0.2, 0.25) is 0 Å². The lowest BCUT2D eigenvalue weighted by molar-refractivity contribution is 0.0772. The fraction of sp³-hybridized carbons (Fsp3) is 0.316. The van der Waals surface area contributed by atoms with Gasteiger partial charge in [-0.1, -0.05) is 12.1 Å². The number of methoxy groups -OCH3 is 2. The van der Waals surface area contributed by atoms with Gasteiger partial charge < -0.3 is 19.1 Å². The molecular formula is C19H22FNO4. The Hall–Kier alpha value is -2.76. The quantitative estimate of drug-likeness (QED) is 0.771. The molecule has 0 heterocycles. The second-order valence-corrected chi connectivity index (χ2v) is 5.51. The highest BCUT2D eigenvalue weighted by Gasteiger charge is 2.17. The standard InChI is InChI=1S/C19H22FNO4/c1-13-17(23-3)11-14(12-18(13)24-4)19(22)21(2)9-10-25-16-8-6-5-7-15(16)20/h5-8,11-12H,9-10H2,1-4H3. The molecule has 0 aliphatic rings. The normalized spacial score (nSPS) is 10.3. The third kappa shape index (κ3) is 4.41. The largest absolute Gasteiger partial charge is 0.496 e. The molecule has 6 heteroatoms. The van der Waals surface area contributed by atoms with Crippen molar-refractivity contribution in [1.82, 2.24) is 4.90 Å².